The Hall–Kier alpha value is -3.15. The van der Waals surface area contributed by atoms with Gasteiger partial charge >= 0.3 is 0 Å². The lowest BCUT2D eigenvalue weighted by molar-refractivity contribution is 0.844. The van der Waals surface area contributed by atoms with Crippen LogP contribution in [0.4, 0.5) is 5.82 Å². The van der Waals surface area contributed by atoms with Crippen molar-refractivity contribution in [2.75, 3.05) is 5.32 Å². The third kappa shape index (κ3) is 3.18. The van der Waals surface area contributed by atoms with Crippen molar-refractivity contribution in [1.82, 2.24) is 19.6 Å². The molecule has 6 heteroatoms. The van der Waals surface area contributed by atoms with E-state index in [1.54, 1.807) is 16.9 Å². The first-order chi connectivity index (χ1) is 12.7. The maximum Gasteiger partial charge on any atom is 0.150 e. The number of hydrogen-bond donors (Lipinski definition) is 1. The van der Waals surface area contributed by atoms with Gasteiger partial charge in [0.2, 0.25) is 0 Å². The number of fused-ring (bicyclic) bond motifs is 1. The van der Waals surface area contributed by atoms with Gasteiger partial charge in [0.05, 0.1) is 5.69 Å². The molecule has 1 N–H and O–H groups in total. The molecule has 0 spiro atoms. The third-order valence-electron chi connectivity index (χ3n) is 4.46. The van der Waals surface area contributed by atoms with Crippen LogP contribution in [0.2, 0.25) is 0 Å². The van der Waals surface area contributed by atoms with Gasteiger partial charge in [-0.15, -0.1) is 0 Å². The van der Waals surface area contributed by atoms with Gasteiger partial charge in [-0.2, -0.15) is 9.61 Å². The van der Waals surface area contributed by atoms with Crippen molar-refractivity contribution in [1.29, 1.82) is 0 Å². The molecule has 0 saturated carbocycles. The largest absolute Gasteiger partial charge is 0.366 e. The third-order valence-corrected chi connectivity index (χ3v) is 4.46. The fourth-order valence-electron chi connectivity index (χ4n) is 2.95. The van der Waals surface area contributed by atoms with Gasteiger partial charge in [0.1, 0.15) is 13.7 Å². The molecule has 0 aliphatic heterocycles. The molecule has 0 aliphatic rings. The number of aromatic nitrogens is 4. The van der Waals surface area contributed by atoms with E-state index in [1.807, 2.05) is 42.6 Å². The lowest BCUT2D eigenvalue weighted by Crippen LogP contribution is -2.12. The lowest BCUT2D eigenvalue weighted by Gasteiger charge is -2.15. The Kier molecular flexibility index (Phi) is 4.40. The van der Waals surface area contributed by atoms with Gasteiger partial charge in [0, 0.05) is 37.1 Å². The summed E-state index contributed by atoms with van der Waals surface area (Å²) in [5.41, 5.74) is 4.48. The summed E-state index contributed by atoms with van der Waals surface area (Å²) in [6.45, 7) is 2.79. The first-order valence-corrected chi connectivity index (χ1v) is 8.54. The van der Waals surface area contributed by atoms with Crippen molar-refractivity contribution in [2.45, 2.75) is 19.4 Å². The SMILES string of the molecule is [B]c1cnn2c(NCc3cccnc3)cc(C(C)c3ccccc3)nc12. The molecule has 4 rings (SSSR count). The fourth-order valence-corrected chi connectivity index (χ4v) is 2.95. The molecule has 3 heterocycles. The Morgan fingerprint density at radius 3 is 2.73 bits per heavy atom. The van der Waals surface area contributed by atoms with E-state index in [9.17, 15) is 0 Å². The summed E-state index contributed by atoms with van der Waals surface area (Å²) in [6.07, 6.45) is 5.24. The average Bonchev–Trinajstić information content (AvgIpc) is 3.08. The van der Waals surface area contributed by atoms with Gasteiger partial charge < -0.3 is 5.32 Å². The smallest absolute Gasteiger partial charge is 0.150 e. The molecule has 0 bridgehead atoms. The molecule has 1 aromatic carbocycles. The zero-order valence-corrected chi connectivity index (χ0v) is 14.5. The van der Waals surface area contributed by atoms with Gasteiger partial charge in [-0.05, 0) is 22.7 Å². The first kappa shape index (κ1) is 16.3. The van der Waals surface area contributed by atoms with E-state index < -0.39 is 0 Å². The highest BCUT2D eigenvalue weighted by atomic mass is 15.3. The van der Waals surface area contributed by atoms with Crippen LogP contribution in [-0.2, 0) is 6.54 Å². The highest BCUT2D eigenvalue weighted by molar-refractivity contribution is 6.36. The van der Waals surface area contributed by atoms with Crippen molar-refractivity contribution in [2.24, 2.45) is 0 Å². The number of benzene rings is 1. The van der Waals surface area contributed by atoms with Crippen molar-refractivity contribution in [3.8, 4) is 0 Å². The summed E-state index contributed by atoms with van der Waals surface area (Å²) >= 11 is 0. The zero-order valence-electron chi connectivity index (χ0n) is 14.5. The summed E-state index contributed by atoms with van der Waals surface area (Å²) in [7, 11) is 6.08. The number of rotatable bonds is 5. The van der Waals surface area contributed by atoms with Crippen molar-refractivity contribution < 1.29 is 0 Å². The maximum atomic E-state index is 6.08. The molecule has 3 aromatic heterocycles. The number of nitrogens with one attached hydrogen (secondary N) is 1. The standard InChI is InChI=1S/C20H18BN5/c1-14(16-7-3-2-4-8-16)18-10-19(23-12-15-6-5-9-22-11-15)26-20(25-18)17(21)13-24-26/h2-11,13-14,23H,12H2,1H3. The molecule has 4 aromatic rings. The fraction of sp³-hybridized carbons (Fsp3) is 0.150. The lowest BCUT2D eigenvalue weighted by atomic mass is 9.96. The Morgan fingerprint density at radius 2 is 1.96 bits per heavy atom. The topological polar surface area (TPSA) is 55.1 Å². The summed E-state index contributed by atoms with van der Waals surface area (Å²) in [4.78, 5) is 8.90. The number of hydrogen-bond acceptors (Lipinski definition) is 4. The van der Waals surface area contributed by atoms with Crippen LogP contribution in [0.5, 0.6) is 0 Å². The van der Waals surface area contributed by atoms with E-state index in [0.717, 1.165) is 17.1 Å². The molecular weight excluding hydrogens is 321 g/mol. The normalized spacial score (nSPS) is 12.2. The van der Waals surface area contributed by atoms with E-state index in [-0.39, 0.29) is 5.92 Å². The highest BCUT2D eigenvalue weighted by Gasteiger charge is 2.15. The number of nitrogens with zero attached hydrogens (tertiary/aromatic N) is 4. The van der Waals surface area contributed by atoms with Gasteiger partial charge in [0.25, 0.3) is 0 Å². The molecule has 0 saturated heterocycles. The van der Waals surface area contributed by atoms with Crippen LogP contribution in [-0.4, -0.2) is 27.4 Å². The molecule has 0 fully saturated rings. The van der Waals surface area contributed by atoms with Gasteiger partial charge in [0.15, 0.2) is 5.65 Å². The molecule has 1 unspecified atom stereocenters. The van der Waals surface area contributed by atoms with Crippen LogP contribution in [0.25, 0.3) is 5.65 Å². The van der Waals surface area contributed by atoms with Gasteiger partial charge in [-0.25, -0.2) is 4.98 Å². The molecule has 2 radical (unpaired) electrons. The second-order valence-corrected chi connectivity index (χ2v) is 6.25. The summed E-state index contributed by atoms with van der Waals surface area (Å²) < 4.78 is 1.74. The minimum Gasteiger partial charge on any atom is -0.366 e. The number of anilines is 1. The Labute approximate surface area is 153 Å². The molecule has 0 amide bonds. The quantitative estimate of drug-likeness (QED) is 0.568. The predicted molar refractivity (Wildman–Crippen MR) is 104 cm³/mol. The first-order valence-electron chi connectivity index (χ1n) is 8.54. The molecule has 26 heavy (non-hydrogen) atoms. The van der Waals surface area contributed by atoms with Crippen molar-refractivity contribution in [3.63, 3.8) is 0 Å². The Morgan fingerprint density at radius 1 is 1.12 bits per heavy atom. The van der Waals surface area contributed by atoms with Crippen LogP contribution in [0.15, 0.2) is 67.1 Å². The zero-order chi connectivity index (χ0) is 17.9. The maximum absolute atomic E-state index is 6.08. The van der Waals surface area contributed by atoms with E-state index >= 15 is 0 Å². The van der Waals surface area contributed by atoms with Crippen LogP contribution in [0.1, 0.15) is 29.7 Å². The summed E-state index contributed by atoms with van der Waals surface area (Å²) in [5.74, 6) is 1.00. The summed E-state index contributed by atoms with van der Waals surface area (Å²) in [5, 5.41) is 7.78. The minimum atomic E-state index is 0.148. The Balaban J connectivity index is 1.72. The molecule has 5 nitrogen and oxygen atoms in total. The van der Waals surface area contributed by atoms with Crippen LogP contribution in [0, 0.1) is 0 Å². The average molecular weight is 339 g/mol. The van der Waals surface area contributed by atoms with Crippen molar-refractivity contribution in [3.05, 3.63) is 83.9 Å². The Bertz CT molecular complexity index is 1010. The van der Waals surface area contributed by atoms with Gasteiger partial charge in [-0.1, -0.05) is 43.3 Å². The molecular formula is C20H18BN5. The van der Waals surface area contributed by atoms with E-state index in [0.29, 0.717) is 17.7 Å². The van der Waals surface area contributed by atoms with E-state index in [4.69, 9.17) is 12.8 Å². The van der Waals surface area contributed by atoms with Crippen LogP contribution >= 0.6 is 0 Å². The summed E-state index contributed by atoms with van der Waals surface area (Å²) in [6, 6.07) is 16.3. The highest BCUT2D eigenvalue weighted by Crippen LogP contribution is 2.25. The minimum absolute atomic E-state index is 0.148. The predicted octanol–water partition coefficient (Wildman–Crippen LogP) is 2.68. The second kappa shape index (κ2) is 7.00. The molecule has 126 valence electrons. The van der Waals surface area contributed by atoms with Crippen LogP contribution in [0.3, 0.4) is 0 Å². The van der Waals surface area contributed by atoms with Gasteiger partial charge in [-0.3, -0.25) is 4.98 Å². The second-order valence-electron chi connectivity index (χ2n) is 6.25. The monoisotopic (exact) mass is 339 g/mol. The van der Waals surface area contributed by atoms with Crippen LogP contribution < -0.4 is 10.8 Å². The number of pyridine rings is 1. The molecule has 1 atom stereocenters. The van der Waals surface area contributed by atoms with E-state index in [1.165, 1.54) is 5.56 Å². The molecule has 0 aliphatic carbocycles. The van der Waals surface area contributed by atoms with Crippen molar-refractivity contribution >= 4 is 24.8 Å². The van der Waals surface area contributed by atoms with E-state index in [2.05, 4.69) is 34.5 Å².